The van der Waals surface area contributed by atoms with E-state index in [1.165, 1.54) is 30.4 Å². The molecule has 2 saturated heterocycles. The van der Waals surface area contributed by atoms with E-state index in [1.54, 1.807) is 0 Å². The Morgan fingerprint density at radius 2 is 2.00 bits per heavy atom. The number of fused-ring (bicyclic) bond motifs is 1. The number of hydrogen-bond donors (Lipinski definition) is 1. The highest BCUT2D eigenvalue weighted by Gasteiger charge is 2.69. The lowest BCUT2D eigenvalue weighted by molar-refractivity contribution is -0.147. The Bertz CT molecular complexity index is 853. The molecular weight excluding hydrogens is 340 g/mol. The van der Waals surface area contributed by atoms with Gasteiger partial charge in [0.25, 0.3) is 0 Å². The summed E-state index contributed by atoms with van der Waals surface area (Å²) in [5.74, 6) is 2.30. The van der Waals surface area contributed by atoms with Crippen molar-refractivity contribution >= 4 is 12.0 Å². The molecule has 4 unspecified atom stereocenters. The molecule has 5 aliphatic rings. The lowest BCUT2D eigenvalue weighted by atomic mass is 9.50. The summed E-state index contributed by atoms with van der Waals surface area (Å²) in [6, 6.07) is 6.65. The Morgan fingerprint density at radius 3 is 2.56 bits per heavy atom. The first kappa shape index (κ1) is 16.0. The van der Waals surface area contributed by atoms with Crippen molar-refractivity contribution in [3.63, 3.8) is 0 Å². The standard InChI is InChI=1S/C22H26N2O3/c1-13-8-15(14-2-3-14)4-5-18(13)22(7-6-21(22)12-27-20(26)23-21)19(25)24-10-16-9-17(16)11-24/h4-5,8,14,16-17H,2-3,6-7,9-12H2,1H3,(H,23,26). The summed E-state index contributed by atoms with van der Waals surface area (Å²) in [7, 11) is 0. The summed E-state index contributed by atoms with van der Waals surface area (Å²) in [5, 5.41) is 3.05. The van der Waals surface area contributed by atoms with Gasteiger partial charge in [0.1, 0.15) is 12.0 Å². The average Bonchev–Trinajstić information content (AvgIpc) is 3.56. The summed E-state index contributed by atoms with van der Waals surface area (Å²) >= 11 is 0. The first-order chi connectivity index (χ1) is 13.0. The van der Waals surface area contributed by atoms with Crippen molar-refractivity contribution in [2.24, 2.45) is 11.8 Å². The Hall–Kier alpha value is -2.04. The van der Waals surface area contributed by atoms with Gasteiger partial charge in [0.2, 0.25) is 5.91 Å². The van der Waals surface area contributed by atoms with Crippen LogP contribution in [0.15, 0.2) is 18.2 Å². The van der Waals surface area contributed by atoms with E-state index in [0.29, 0.717) is 24.4 Å². The van der Waals surface area contributed by atoms with Crippen LogP contribution in [0.25, 0.3) is 0 Å². The first-order valence-corrected chi connectivity index (χ1v) is 10.4. The number of likely N-dealkylation sites (tertiary alicyclic amines) is 1. The molecule has 1 aromatic carbocycles. The first-order valence-electron chi connectivity index (χ1n) is 10.4. The van der Waals surface area contributed by atoms with E-state index in [9.17, 15) is 9.59 Å². The van der Waals surface area contributed by atoms with Crippen molar-refractivity contribution in [3.05, 3.63) is 34.9 Å². The number of carbonyl (C=O) groups is 2. The van der Waals surface area contributed by atoms with Crippen LogP contribution in [0.3, 0.4) is 0 Å². The number of carbonyl (C=O) groups excluding carboxylic acids is 2. The van der Waals surface area contributed by atoms with Gasteiger partial charge in [-0.05, 0) is 73.5 Å². The van der Waals surface area contributed by atoms with E-state index in [0.717, 1.165) is 31.5 Å². The zero-order chi connectivity index (χ0) is 18.4. The topological polar surface area (TPSA) is 58.6 Å². The third-order valence-electron chi connectivity index (χ3n) is 7.92. The van der Waals surface area contributed by atoms with Crippen LogP contribution in [0.1, 0.15) is 54.7 Å². The number of cyclic esters (lactones) is 1. The number of alkyl carbamates (subject to hydrolysis) is 1. The lowest BCUT2D eigenvalue weighted by Crippen LogP contribution is -2.73. The van der Waals surface area contributed by atoms with Crippen LogP contribution in [0.4, 0.5) is 4.79 Å². The van der Waals surface area contributed by atoms with Gasteiger partial charge in [-0.25, -0.2) is 4.79 Å². The third kappa shape index (κ3) is 2.06. The van der Waals surface area contributed by atoms with Crippen LogP contribution in [-0.2, 0) is 14.9 Å². The van der Waals surface area contributed by atoms with Crippen LogP contribution in [0.5, 0.6) is 0 Å². The van der Waals surface area contributed by atoms with Crippen LogP contribution < -0.4 is 5.32 Å². The minimum atomic E-state index is -0.678. The molecule has 5 nitrogen and oxygen atoms in total. The van der Waals surface area contributed by atoms with Gasteiger partial charge in [-0.3, -0.25) is 4.79 Å². The molecule has 2 aliphatic heterocycles. The molecule has 142 valence electrons. The Balaban J connectivity index is 1.44. The van der Waals surface area contributed by atoms with Gasteiger partial charge in [0, 0.05) is 13.1 Å². The maximum Gasteiger partial charge on any atom is 0.407 e. The maximum atomic E-state index is 13.9. The van der Waals surface area contributed by atoms with Crippen molar-refractivity contribution in [1.82, 2.24) is 10.2 Å². The predicted molar refractivity (Wildman–Crippen MR) is 99.5 cm³/mol. The molecule has 5 fully saturated rings. The minimum absolute atomic E-state index is 0.203. The summed E-state index contributed by atoms with van der Waals surface area (Å²) in [5.41, 5.74) is 2.40. The fourth-order valence-corrected chi connectivity index (χ4v) is 5.99. The van der Waals surface area contributed by atoms with Crippen molar-refractivity contribution in [2.45, 2.75) is 55.9 Å². The number of benzene rings is 1. The molecule has 3 saturated carbocycles. The van der Waals surface area contributed by atoms with Gasteiger partial charge < -0.3 is 15.0 Å². The fourth-order valence-electron chi connectivity index (χ4n) is 5.99. The van der Waals surface area contributed by atoms with E-state index < -0.39 is 11.0 Å². The number of hydrogen-bond acceptors (Lipinski definition) is 3. The highest BCUT2D eigenvalue weighted by molar-refractivity contribution is 5.94. The van der Waals surface area contributed by atoms with E-state index in [-0.39, 0.29) is 12.0 Å². The van der Waals surface area contributed by atoms with Gasteiger partial charge >= 0.3 is 6.09 Å². The minimum Gasteiger partial charge on any atom is -0.447 e. The molecule has 3 aliphatic carbocycles. The fraction of sp³-hybridized carbons (Fsp3) is 0.636. The predicted octanol–water partition coefficient (Wildman–Crippen LogP) is 2.86. The van der Waals surface area contributed by atoms with Gasteiger partial charge in [-0.15, -0.1) is 0 Å². The molecule has 0 aromatic heterocycles. The van der Waals surface area contributed by atoms with Crippen molar-refractivity contribution < 1.29 is 14.3 Å². The van der Waals surface area contributed by atoms with Crippen molar-refractivity contribution in [1.29, 1.82) is 0 Å². The Morgan fingerprint density at radius 1 is 1.22 bits per heavy atom. The molecule has 0 radical (unpaired) electrons. The molecule has 1 spiro atoms. The summed E-state index contributed by atoms with van der Waals surface area (Å²) in [4.78, 5) is 27.9. The third-order valence-corrected chi connectivity index (χ3v) is 7.92. The van der Waals surface area contributed by atoms with Crippen LogP contribution in [-0.4, -0.2) is 42.1 Å². The number of nitrogens with zero attached hydrogens (tertiary/aromatic N) is 1. The second-order valence-corrected chi connectivity index (χ2v) is 9.50. The highest BCUT2D eigenvalue weighted by atomic mass is 16.6. The zero-order valence-corrected chi connectivity index (χ0v) is 15.8. The van der Waals surface area contributed by atoms with E-state index in [1.807, 2.05) is 0 Å². The number of ether oxygens (including phenoxy) is 1. The van der Waals surface area contributed by atoms with Gasteiger partial charge in [-0.1, -0.05) is 18.2 Å². The van der Waals surface area contributed by atoms with Crippen LogP contribution in [0.2, 0.25) is 0 Å². The van der Waals surface area contributed by atoms with E-state index >= 15 is 0 Å². The van der Waals surface area contributed by atoms with Gasteiger partial charge in [-0.2, -0.15) is 0 Å². The molecule has 27 heavy (non-hydrogen) atoms. The molecule has 1 N–H and O–H groups in total. The van der Waals surface area contributed by atoms with Gasteiger partial charge in [0.05, 0.1) is 5.54 Å². The van der Waals surface area contributed by atoms with Gasteiger partial charge in [0.15, 0.2) is 0 Å². The number of piperidine rings is 1. The number of nitrogens with one attached hydrogen (secondary N) is 1. The number of rotatable bonds is 3. The normalized spacial score (nSPS) is 39.0. The summed E-state index contributed by atoms with van der Waals surface area (Å²) < 4.78 is 5.32. The molecule has 1 aromatic rings. The molecule has 2 amide bonds. The summed E-state index contributed by atoms with van der Waals surface area (Å²) in [6.07, 6.45) is 5.01. The van der Waals surface area contributed by atoms with Crippen LogP contribution >= 0.6 is 0 Å². The second-order valence-electron chi connectivity index (χ2n) is 9.50. The second kappa shape index (κ2) is 5.06. The van der Waals surface area contributed by atoms with Crippen molar-refractivity contribution in [3.8, 4) is 0 Å². The molecule has 0 bridgehead atoms. The highest BCUT2D eigenvalue weighted by Crippen LogP contribution is 2.57. The largest absolute Gasteiger partial charge is 0.447 e. The SMILES string of the molecule is Cc1cc(C2CC2)ccc1C1(C(=O)N2CC3CC3C2)CCC12COC(=O)N2. The summed E-state index contributed by atoms with van der Waals surface area (Å²) in [6.45, 7) is 4.19. The van der Waals surface area contributed by atoms with Crippen molar-refractivity contribution in [2.75, 3.05) is 19.7 Å². The quantitative estimate of drug-likeness (QED) is 0.895. The molecule has 2 heterocycles. The number of amides is 2. The molecular formula is C22H26N2O3. The number of aryl methyl sites for hydroxylation is 1. The van der Waals surface area contributed by atoms with E-state index in [2.05, 4.69) is 35.3 Å². The zero-order valence-electron chi connectivity index (χ0n) is 15.8. The Kier molecular flexibility index (Phi) is 2.99. The molecule has 6 rings (SSSR count). The smallest absolute Gasteiger partial charge is 0.407 e. The maximum absolute atomic E-state index is 13.9. The van der Waals surface area contributed by atoms with Crippen LogP contribution in [0, 0.1) is 18.8 Å². The molecule has 4 atom stereocenters. The van der Waals surface area contributed by atoms with E-state index in [4.69, 9.17) is 4.74 Å². The average molecular weight is 366 g/mol. The Labute approximate surface area is 159 Å². The lowest BCUT2D eigenvalue weighted by Gasteiger charge is -2.56. The monoisotopic (exact) mass is 366 g/mol. The molecule has 5 heteroatoms.